The topological polar surface area (TPSA) is 34.9 Å². The number of aryl methyl sites for hydroxylation is 1. The molecule has 1 fully saturated rings. The van der Waals surface area contributed by atoms with Gasteiger partial charge >= 0.3 is 0 Å². The molecule has 1 saturated carbocycles. The van der Waals surface area contributed by atoms with Crippen LogP contribution in [-0.4, -0.2) is 15.6 Å². The summed E-state index contributed by atoms with van der Waals surface area (Å²) in [7, 11) is 0. The van der Waals surface area contributed by atoms with Gasteiger partial charge in [-0.05, 0) is 43.9 Å². The minimum atomic E-state index is -0.193. The number of carbonyl (C=O) groups excluding carboxylic acids is 1. The summed E-state index contributed by atoms with van der Waals surface area (Å²) in [5.74, 6) is 0.299. The van der Waals surface area contributed by atoms with Crippen LogP contribution in [-0.2, 0) is 11.3 Å². The van der Waals surface area contributed by atoms with Crippen molar-refractivity contribution in [2.45, 2.75) is 46.6 Å². The molecule has 0 spiro atoms. The Morgan fingerprint density at radius 3 is 3.00 bits per heavy atom. The highest BCUT2D eigenvalue weighted by Crippen LogP contribution is 2.35. The maximum atomic E-state index is 12.3. The van der Waals surface area contributed by atoms with Gasteiger partial charge in [-0.15, -0.1) is 0 Å². The Hall–Kier alpha value is -1.38. The van der Waals surface area contributed by atoms with Gasteiger partial charge in [-0.2, -0.15) is 5.10 Å². The number of Topliss-reactive ketones (excluding diaryl/α,β-unsaturated/α-hetero) is 1. The van der Waals surface area contributed by atoms with Crippen molar-refractivity contribution in [2.75, 3.05) is 0 Å². The predicted octanol–water partition coefficient (Wildman–Crippen LogP) is 3.07. The van der Waals surface area contributed by atoms with E-state index in [4.69, 9.17) is 0 Å². The van der Waals surface area contributed by atoms with Crippen molar-refractivity contribution in [3.63, 3.8) is 0 Å². The number of carbonyl (C=O) groups is 1. The highest BCUT2D eigenvalue weighted by atomic mass is 16.1. The summed E-state index contributed by atoms with van der Waals surface area (Å²) in [6, 6.07) is 1.96. The molecular formula is C14H20N2O. The van der Waals surface area contributed by atoms with Crippen molar-refractivity contribution >= 4 is 11.9 Å². The van der Waals surface area contributed by atoms with Crippen LogP contribution in [0.25, 0.3) is 6.08 Å². The lowest BCUT2D eigenvalue weighted by Gasteiger charge is -2.29. The molecule has 2 rings (SSSR count). The van der Waals surface area contributed by atoms with Crippen molar-refractivity contribution < 1.29 is 4.79 Å². The van der Waals surface area contributed by atoms with Gasteiger partial charge in [0, 0.05) is 18.2 Å². The van der Waals surface area contributed by atoms with Crippen LogP contribution in [0.3, 0.4) is 0 Å². The zero-order chi connectivity index (χ0) is 12.5. The minimum Gasteiger partial charge on any atom is -0.294 e. The monoisotopic (exact) mass is 232 g/mol. The fourth-order valence-corrected chi connectivity index (χ4v) is 2.43. The van der Waals surface area contributed by atoms with Gasteiger partial charge in [0.05, 0.1) is 5.69 Å². The summed E-state index contributed by atoms with van der Waals surface area (Å²) in [4.78, 5) is 12.3. The summed E-state index contributed by atoms with van der Waals surface area (Å²) < 4.78 is 1.92. The summed E-state index contributed by atoms with van der Waals surface area (Å²) in [5, 5.41) is 4.22. The fourth-order valence-electron chi connectivity index (χ4n) is 2.43. The molecule has 0 atom stereocenters. The lowest BCUT2D eigenvalue weighted by molar-refractivity contribution is -0.124. The summed E-state index contributed by atoms with van der Waals surface area (Å²) in [6.07, 6.45) is 6.80. The second-order valence-electron chi connectivity index (χ2n) is 5.31. The zero-order valence-corrected chi connectivity index (χ0v) is 10.9. The molecule has 0 N–H and O–H groups in total. The molecule has 0 amide bonds. The molecule has 3 heteroatoms. The quantitative estimate of drug-likeness (QED) is 0.734. The van der Waals surface area contributed by atoms with E-state index in [0.717, 1.165) is 37.1 Å². The number of hydrogen-bond acceptors (Lipinski definition) is 2. The third-order valence-corrected chi connectivity index (χ3v) is 3.53. The molecule has 1 aromatic rings. The van der Waals surface area contributed by atoms with Gasteiger partial charge in [0.1, 0.15) is 0 Å². The maximum absolute atomic E-state index is 12.3. The Kier molecular flexibility index (Phi) is 3.18. The lowest BCUT2D eigenvalue weighted by atomic mass is 9.73. The normalized spacial score (nSPS) is 22.1. The standard InChI is InChI=1S/C14H20N2O/c1-4-16-12(7-9-15-16)10-11-6-5-8-14(2,3)13(11)17/h7,9-10H,4-6,8H2,1-3H3/b11-10-. The van der Waals surface area contributed by atoms with E-state index in [-0.39, 0.29) is 5.41 Å². The van der Waals surface area contributed by atoms with Gasteiger partial charge in [-0.1, -0.05) is 13.8 Å². The summed E-state index contributed by atoms with van der Waals surface area (Å²) in [5.41, 5.74) is 1.80. The van der Waals surface area contributed by atoms with Gasteiger partial charge < -0.3 is 0 Å². The average molecular weight is 232 g/mol. The molecule has 1 aromatic heterocycles. The highest BCUT2D eigenvalue weighted by Gasteiger charge is 2.33. The van der Waals surface area contributed by atoms with Crippen molar-refractivity contribution in [1.82, 2.24) is 9.78 Å². The van der Waals surface area contributed by atoms with E-state index in [1.54, 1.807) is 6.20 Å². The number of nitrogens with zero attached hydrogens (tertiary/aromatic N) is 2. The Morgan fingerprint density at radius 1 is 1.53 bits per heavy atom. The largest absolute Gasteiger partial charge is 0.294 e. The predicted molar refractivity (Wildman–Crippen MR) is 68.5 cm³/mol. The van der Waals surface area contributed by atoms with E-state index < -0.39 is 0 Å². The van der Waals surface area contributed by atoms with Crippen LogP contribution in [0.4, 0.5) is 0 Å². The number of aromatic nitrogens is 2. The van der Waals surface area contributed by atoms with Crippen molar-refractivity contribution in [3.05, 3.63) is 23.5 Å². The van der Waals surface area contributed by atoms with E-state index in [0.29, 0.717) is 5.78 Å². The molecule has 1 aliphatic carbocycles. The molecule has 0 aromatic carbocycles. The molecule has 1 heterocycles. The van der Waals surface area contributed by atoms with Crippen LogP contribution in [0, 0.1) is 5.41 Å². The van der Waals surface area contributed by atoms with E-state index in [1.807, 2.05) is 30.7 Å². The zero-order valence-electron chi connectivity index (χ0n) is 10.9. The molecule has 0 aliphatic heterocycles. The van der Waals surface area contributed by atoms with Gasteiger partial charge in [0.2, 0.25) is 0 Å². The van der Waals surface area contributed by atoms with Crippen LogP contribution in [0.2, 0.25) is 0 Å². The fraction of sp³-hybridized carbons (Fsp3) is 0.571. The molecule has 0 bridgehead atoms. The molecule has 0 radical (unpaired) electrons. The number of ketones is 1. The number of allylic oxidation sites excluding steroid dienone is 1. The average Bonchev–Trinajstić information content (AvgIpc) is 2.72. The van der Waals surface area contributed by atoms with E-state index in [2.05, 4.69) is 12.0 Å². The smallest absolute Gasteiger partial charge is 0.164 e. The highest BCUT2D eigenvalue weighted by molar-refractivity contribution is 6.03. The Bertz CT molecular complexity index is 455. The molecule has 3 nitrogen and oxygen atoms in total. The lowest BCUT2D eigenvalue weighted by Crippen LogP contribution is -2.29. The number of hydrogen-bond donors (Lipinski definition) is 0. The van der Waals surface area contributed by atoms with Crippen LogP contribution in [0.1, 0.15) is 45.7 Å². The molecule has 0 unspecified atom stereocenters. The first-order valence-corrected chi connectivity index (χ1v) is 6.32. The van der Waals surface area contributed by atoms with E-state index in [1.165, 1.54) is 0 Å². The Morgan fingerprint density at radius 2 is 2.29 bits per heavy atom. The van der Waals surface area contributed by atoms with Gasteiger partial charge in [0.25, 0.3) is 0 Å². The molecule has 92 valence electrons. The minimum absolute atomic E-state index is 0.193. The van der Waals surface area contributed by atoms with E-state index >= 15 is 0 Å². The van der Waals surface area contributed by atoms with Crippen molar-refractivity contribution in [1.29, 1.82) is 0 Å². The summed E-state index contributed by atoms with van der Waals surface area (Å²) in [6.45, 7) is 6.98. The third kappa shape index (κ3) is 2.33. The first kappa shape index (κ1) is 12.1. The molecule has 0 saturated heterocycles. The van der Waals surface area contributed by atoms with Crippen LogP contribution < -0.4 is 0 Å². The van der Waals surface area contributed by atoms with Gasteiger partial charge in [0.15, 0.2) is 5.78 Å². The van der Waals surface area contributed by atoms with Crippen LogP contribution in [0.5, 0.6) is 0 Å². The van der Waals surface area contributed by atoms with Crippen LogP contribution in [0.15, 0.2) is 17.8 Å². The molecule has 1 aliphatic rings. The molecule has 17 heavy (non-hydrogen) atoms. The van der Waals surface area contributed by atoms with Gasteiger partial charge in [-0.3, -0.25) is 9.48 Å². The second-order valence-corrected chi connectivity index (χ2v) is 5.31. The van der Waals surface area contributed by atoms with Gasteiger partial charge in [-0.25, -0.2) is 0 Å². The van der Waals surface area contributed by atoms with Crippen molar-refractivity contribution in [2.24, 2.45) is 5.41 Å². The van der Waals surface area contributed by atoms with E-state index in [9.17, 15) is 4.79 Å². The second kappa shape index (κ2) is 4.47. The third-order valence-electron chi connectivity index (χ3n) is 3.53. The first-order chi connectivity index (χ1) is 8.04. The van der Waals surface area contributed by atoms with Crippen LogP contribution >= 0.6 is 0 Å². The Labute approximate surface area is 103 Å². The maximum Gasteiger partial charge on any atom is 0.164 e. The van der Waals surface area contributed by atoms with Crippen molar-refractivity contribution in [3.8, 4) is 0 Å². The Balaban J connectivity index is 2.31. The molecular weight excluding hydrogens is 212 g/mol. The SMILES string of the molecule is CCn1nccc1/C=C1/CCCC(C)(C)C1=O. The number of rotatable bonds is 2. The summed E-state index contributed by atoms with van der Waals surface area (Å²) >= 11 is 0. The first-order valence-electron chi connectivity index (χ1n) is 6.32.